The van der Waals surface area contributed by atoms with E-state index in [-0.39, 0.29) is 11.6 Å². The monoisotopic (exact) mass is 355 g/mol. The first kappa shape index (κ1) is 16.7. The summed E-state index contributed by atoms with van der Waals surface area (Å²) in [7, 11) is 0. The van der Waals surface area contributed by atoms with Gasteiger partial charge in [0.1, 0.15) is 17.8 Å². The van der Waals surface area contributed by atoms with E-state index in [1.54, 1.807) is 12.3 Å². The fraction of sp³-hybridized carbons (Fsp3) is 0.0476. The molecule has 2 aromatic carbocycles. The quantitative estimate of drug-likeness (QED) is 0.569. The van der Waals surface area contributed by atoms with E-state index in [0.717, 1.165) is 22.2 Å². The minimum atomic E-state index is -0.316. The third-order valence-corrected chi connectivity index (χ3v) is 4.19. The number of amides is 1. The minimum absolute atomic E-state index is 0.272. The van der Waals surface area contributed by atoms with Gasteiger partial charge in [-0.25, -0.2) is 9.97 Å². The molecule has 132 valence electrons. The molecule has 0 saturated carbocycles. The van der Waals surface area contributed by atoms with Crippen LogP contribution in [0.4, 0.5) is 17.2 Å². The van der Waals surface area contributed by atoms with Crippen LogP contribution in [-0.2, 0) is 0 Å². The van der Waals surface area contributed by atoms with Crippen molar-refractivity contribution in [1.29, 1.82) is 0 Å². The molecule has 0 aliphatic rings. The molecule has 2 heterocycles. The molecule has 0 fully saturated rings. The van der Waals surface area contributed by atoms with Crippen LogP contribution in [0.25, 0.3) is 10.9 Å². The summed E-state index contributed by atoms with van der Waals surface area (Å²) < 4.78 is 0. The zero-order chi connectivity index (χ0) is 18.6. The van der Waals surface area contributed by atoms with E-state index in [4.69, 9.17) is 0 Å². The highest BCUT2D eigenvalue weighted by molar-refractivity contribution is 6.07. The van der Waals surface area contributed by atoms with Crippen LogP contribution in [0, 0.1) is 6.92 Å². The summed E-state index contributed by atoms with van der Waals surface area (Å²) in [6.45, 7) is 2.00. The maximum absolute atomic E-state index is 12.7. The van der Waals surface area contributed by atoms with Gasteiger partial charge in [0, 0.05) is 23.3 Å². The van der Waals surface area contributed by atoms with E-state index >= 15 is 0 Å². The van der Waals surface area contributed by atoms with Crippen LogP contribution in [0.5, 0.6) is 0 Å². The molecular weight excluding hydrogens is 338 g/mol. The van der Waals surface area contributed by atoms with Gasteiger partial charge in [-0.2, -0.15) is 0 Å². The van der Waals surface area contributed by atoms with Crippen molar-refractivity contribution >= 4 is 34.0 Å². The van der Waals surface area contributed by atoms with Crippen molar-refractivity contribution in [3.63, 3.8) is 0 Å². The number of carbonyl (C=O) groups is 1. The number of nitrogens with zero attached hydrogens (tertiary/aromatic N) is 3. The number of carbonyl (C=O) groups excluding carboxylic acids is 1. The number of hydrogen-bond donors (Lipinski definition) is 2. The van der Waals surface area contributed by atoms with Crippen molar-refractivity contribution in [3.8, 4) is 0 Å². The number of aryl methyl sites for hydroxylation is 1. The maximum atomic E-state index is 12.7. The standard InChI is InChI=1S/C21H17N5O/c1-14-6-2-3-9-16(14)25-19-12-18(23-13-24-19)21(27)26-17-10-4-7-15-8-5-11-22-20(15)17/h2-13H,1H3,(H,26,27)(H,23,24,25). The zero-order valence-electron chi connectivity index (χ0n) is 14.7. The fourth-order valence-electron chi connectivity index (χ4n) is 2.79. The second-order valence-electron chi connectivity index (χ2n) is 6.06. The SMILES string of the molecule is Cc1ccccc1Nc1cc(C(=O)Nc2cccc3cccnc23)ncn1. The number of fused-ring (bicyclic) bond motifs is 1. The first-order valence-electron chi connectivity index (χ1n) is 8.50. The molecule has 0 aliphatic heterocycles. The van der Waals surface area contributed by atoms with Gasteiger partial charge < -0.3 is 10.6 Å². The second kappa shape index (κ2) is 7.21. The van der Waals surface area contributed by atoms with E-state index in [9.17, 15) is 4.79 Å². The molecule has 1 amide bonds. The van der Waals surface area contributed by atoms with E-state index in [2.05, 4.69) is 25.6 Å². The molecule has 6 heteroatoms. The Hall–Kier alpha value is -3.80. The molecule has 4 aromatic rings. The summed E-state index contributed by atoms with van der Waals surface area (Å²) in [4.78, 5) is 25.3. The molecule has 2 aromatic heterocycles. The average Bonchev–Trinajstić information content (AvgIpc) is 2.70. The average molecular weight is 355 g/mol. The number of rotatable bonds is 4. The van der Waals surface area contributed by atoms with Gasteiger partial charge >= 0.3 is 0 Å². The van der Waals surface area contributed by atoms with Gasteiger partial charge in [0.15, 0.2) is 0 Å². The molecule has 0 atom stereocenters. The summed E-state index contributed by atoms with van der Waals surface area (Å²) in [5.41, 5.74) is 3.67. The summed E-state index contributed by atoms with van der Waals surface area (Å²) in [6.07, 6.45) is 3.07. The van der Waals surface area contributed by atoms with E-state index in [0.29, 0.717) is 11.5 Å². The number of pyridine rings is 1. The minimum Gasteiger partial charge on any atom is -0.340 e. The smallest absolute Gasteiger partial charge is 0.274 e. The maximum Gasteiger partial charge on any atom is 0.274 e. The van der Waals surface area contributed by atoms with Gasteiger partial charge in [-0.05, 0) is 30.7 Å². The Kier molecular flexibility index (Phi) is 4.45. The summed E-state index contributed by atoms with van der Waals surface area (Å²) >= 11 is 0. The lowest BCUT2D eigenvalue weighted by atomic mass is 10.2. The van der Waals surface area contributed by atoms with Crippen molar-refractivity contribution in [1.82, 2.24) is 15.0 Å². The Morgan fingerprint density at radius 2 is 1.70 bits per heavy atom. The summed E-state index contributed by atoms with van der Waals surface area (Å²) in [5.74, 6) is 0.240. The third kappa shape index (κ3) is 3.59. The summed E-state index contributed by atoms with van der Waals surface area (Å²) in [5, 5.41) is 7.06. The van der Waals surface area contributed by atoms with Crippen LogP contribution < -0.4 is 10.6 Å². The number of hydrogen-bond acceptors (Lipinski definition) is 5. The summed E-state index contributed by atoms with van der Waals surface area (Å²) in [6, 6.07) is 19.0. The Morgan fingerprint density at radius 1 is 0.889 bits per heavy atom. The van der Waals surface area contributed by atoms with E-state index < -0.39 is 0 Å². The molecular formula is C21H17N5O. The van der Waals surface area contributed by atoms with E-state index in [1.807, 2.05) is 61.5 Å². The molecule has 0 saturated heterocycles. The van der Waals surface area contributed by atoms with Gasteiger partial charge in [0.05, 0.1) is 11.2 Å². The molecule has 0 unspecified atom stereocenters. The molecule has 0 radical (unpaired) electrons. The van der Waals surface area contributed by atoms with Gasteiger partial charge in [-0.3, -0.25) is 9.78 Å². The highest BCUT2D eigenvalue weighted by Gasteiger charge is 2.12. The van der Waals surface area contributed by atoms with Crippen LogP contribution in [0.1, 0.15) is 16.1 Å². The second-order valence-corrected chi connectivity index (χ2v) is 6.06. The number of benzene rings is 2. The predicted molar refractivity (Wildman–Crippen MR) is 106 cm³/mol. The Morgan fingerprint density at radius 3 is 2.59 bits per heavy atom. The predicted octanol–water partition coefficient (Wildman–Crippen LogP) is 4.33. The Labute approximate surface area is 156 Å². The van der Waals surface area contributed by atoms with Crippen LogP contribution in [0.2, 0.25) is 0 Å². The lowest BCUT2D eigenvalue weighted by molar-refractivity contribution is 0.102. The topological polar surface area (TPSA) is 79.8 Å². The number of anilines is 3. The highest BCUT2D eigenvalue weighted by atomic mass is 16.1. The van der Waals surface area contributed by atoms with Gasteiger partial charge in [-0.15, -0.1) is 0 Å². The zero-order valence-corrected chi connectivity index (χ0v) is 14.7. The number of nitrogens with one attached hydrogen (secondary N) is 2. The lowest BCUT2D eigenvalue weighted by Crippen LogP contribution is -2.14. The number of para-hydroxylation sites is 2. The molecule has 6 nitrogen and oxygen atoms in total. The normalized spacial score (nSPS) is 10.6. The van der Waals surface area contributed by atoms with Crippen molar-refractivity contribution in [2.75, 3.05) is 10.6 Å². The molecule has 0 spiro atoms. The van der Waals surface area contributed by atoms with Gasteiger partial charge in [0.25, 0.3) is 5.91 Å². The molecule has 0 bridgehead atoms. The van der Waals surface area contributed by atoms with Crippen LogP contribution in [0.3, 0.4) is 0 Å². The van der Waals surface area contributed by atoms with E-state index in [1.165, 1.54) is 6.33 Å². The Balaban J connectivity index is 1.58. The van der Waals surface area contributed by atoms with Crippen LogP contribution in [0.15, 0.2) is 73.2 Å². The fourth-order valence-corrected chi connectivity index (χ4v) is 2.79. The van der Waals surface area contributed by atoms with Crippen molar-refractivity contribution in [2.24, 2.45) is 0 Å². The van der Waals surface area contributed by atoms with Gasteiger partial charge in [-0.1, -0.05) is 36.4 Å². The third-order valence-electron chi connectivity index (χ3n) is 4.19. The molecule has 4 rings (SSSR count). The van der Waals surface area contributed by atoms with Crippen LogP contribution >= 0.6 is 0 Å². The van der Waals surface area contributed by atoms with Crippen molar-refractivity contribution in [2.45, 2.75) is 6.92 Å². The molecule has 2 N–H and O–H groups in total. The number of aromatic nitrogens is 3. The molecule has 27 heavy (non-hydrogen) atoms. The largest absolute Gasteiger partial charge is 0.340 e. The van der Waals surface area contributed by atoms with Gasteiger partial charge in [0.2, 0.25) is 0 Å². The van der Waals surface area contributed by atoms with Crippen molar-refractivity contribution < 1.29 is 4.79 Å². The van der Waals surface area contributed by atoms with Crippen LogP contribution in [-0.4, -0.2) is 20.9 Å². The first-order valence-corrected chi connectivity index (χ1v) is 8.50. The first-order chi connectivity index (χ1) is 13.2. The Bertz CT molecular complexity index is 1120. The lowest BCUT2D eigenvalue weighted by Gasteiger charge is -2.10. The van der Waals surface area contributed by atoms with Crippen molar-refractivity contribution in [3.05, 3.63) is 84.4 Å². The highest BCUT2D eigenvalue weighted by Crippen LogP contribution is 2.22. The molecule has 0 aliphatic carbocycles.